The van der Waals surface area contributed by atoms with Gasteiger partial charge in [-0.15, -0.1) is 24.0 Å². The Balaban J connectivity index is 0.00000364. The van der Waals surface area contributed by atoms with Crippen LogP contribution in [0, 0.1) is 13.8 Å². The first kappa shape index (κ1) is 23.1. The Morgan fingerprint density at radius 1 is 1.19 bits per heavy atom. The summed E-state index contributed by atoms with van der Waals surface area (Å²) < 4.78 is 16.5. The number of methoxy groups -OCH3 is 1. The van der Waals surface area contributed by atoms with E-state index in [1.165, 1.54) is 0 Å². The van der Waals surface area contributed by atoms with Crippen LogP contribution in [0.4, 0.5) is 0 Å². The molecule has 0 aliphatic carbocycles. The highest BCUT2D eigenvalue weighted by molar-refractivity contribution is 14.0. The van der Waals surface area contributed by atoms with Gasteiger partial charge in [-0.3, -0.25) is 0 Å². The highest BCUT2D eigenvalue weighted by atomic mass is 127. The Morgan fingerprint density at radius 3 is 2.56 bits per heavy atom. The second-order valence-corrected chi connectivity index (χ2v) is 5.72. The van der Waals surface area contributed by atoms with Gasteiger partial charge in [-0.25, -0.2) is 9.98 Å². The summed E-state index contributed by atoms with van der Waals surface area (Å²) >= 11 is 0. The van der Waals surface area contributed by atoms with Gasteiger partial charge in [0.1, 0.15) is 5.76 Å². The van der Waals surface area contributed by atoms with Crippen LogP contribution in [0.2, 0.25) is 0 Å². The van der Waals surface area contributed by atoms with E-state index < -0.39 is 0 Å². The lowest BCUT2D eigenvalue weighted by Gasteiger charge is -2.12. The molecule has 8 heteroatoms. The number of halogens is 1. The van der Waals surface area contributed by atoms with E-state index in [0.29, 0.717) is 31.5 Å². The standard InChI is InChI=1S/C19H28N4O3.HI/c1-6-20-19(22-12-18-23-13(3)14(4)26-18)21-11-15-8-9-16(24-5)17(10-15)25-7-2;/h8-10H,6-7,11-12H2,1-5H3,(H2,20,21,22);1H. The average molecular weight is 488 g/mol. The molecule has 0 amide bonds. The van der Waals surface area contributed by atoms with Gasteiger partial charge in [-0.1, -0.05) is 6.07 Å². The molecule has 0 aliphatic heterocycles. The molecule has 0 saturated carbocycles. The van der Waals surface area contributed by atoms with Crippen molar-refractivity contribution in [2.45, 2.75) is 40.8 Å². The Labute approximate surface area is 178 Å². The largest absolute Gasteiger partial charge is 0.493 e. The molecule has 0 atom stereocenters. The number of hydrogen-bond donors (Lipinski definition) is 2. The summed E-state index contributed by atoms with van der Waals surface area (Å²) in [5, 5.41) is 6.46. The van der Waals surface area contributed by atoms with Crippen LogP contribution in [0.3, 0.4) is 0 Å². The molecule has 2 rings (SSSR count). The Morgan fingerprint density at radius 2 is 1.96 bits per heavy atom. The molecule has 0 bridgehead atoms. The van der Waals surface area contributed by atoms with Gasteiger partial charge in [0.15, 0.2) is 17.5 Å². The van der Waals surface area contributed by atoms with Gasteiger partial charge in [0, 0.05) is 6.54 Å². The fraction of sp³-hybridized carbons (Fsp3) is 0.474. The second kappa shape index (κ2) is 11.7. The van der Waals surface area contributed by atoms with E-state index in [1.807, 2.05) is 45.9 Å². The number of aromatic nitrogens is 1. The van der Waals surface area contributed by atoms with Crippen LogP contribution in [-0.4, -0.2) is 31.2 Å². The topological polar surface area (TPSA) is 80.9 Å². The number of ether oxygens (including phenoxy) is 2. The van der Waals surface area contributed by atoms with Crippen molar-refractivity contribution in [2.24, 2.45) is 4.99 Å². The number of rotatable bonds is 8. The number of guanidine groups is 1. The Hall–Kier alpha value is -1.97. The minimum absolute atomic E-state index is 0. The lowest BCUT2D eigenvalue weighted by Crippen LogP contribution is -2.36. The summed E-state index contributed by atoms with van der Waals surface area (Å²) in [6, 6.07) is 5.83. The van der Waals surface area contributed by atoms with Crippen LogP contribution in [0.15, 0.2) is 27.6 Å². The van der Waals surface area contributed by atoms with Crippen molar-refractivity contribution in [1.82, 2.24) is 15.6 Å². The van der Waals surface area contributed by atoms with Crippen molar-refractivity contribution in [3.05, 3.63) is 41.1 Å². The first-order chi connectivity index (χ1) is 12.6. The summed E-state index contributed by atoms with van der Waals surface area (Å²) in [6.45, 7) is 10.2. The average Bonchev–Trinajstić information content (AvgIpc) is 2.96. The SMILES string of the molecule is CCNC(=NCc1ccc(OC)c(OCC)c1)NCc1nc(C)c(C)o1.I. The normalized spacial score (nSPS) is 10.9. The molecule has 0 fully saturated rings. The van der Waals surface area contributed by atoms with Crippen LogP contribution >= 0.6 is 24.0 Å². The van der Waals surface area contributed by atoms with Crippen molar-refractivity contribution < 1.29 is 13.9 Å². The Bertz CT molecular complexity index is 727. The summed E-state index contributed by atoms with van der Waals surface area (Å²) in [7, 11) is 1.63. The van der Waals surface area contributed by atoms with Gasteiger partial charge in [0.05, 0.1) is 32.5 Å². The number of aryl methyl sites for hydroxylation is 2. The maximum atomic E-state index is 5.62. The van der Waals surface area contributed by atoms with Crippen molar-refractivity contribution in [2.75, 3.05) is 20.3 Å². The first-order valence-corrected chi connectivity index (χ1v) is 8.82. The first-order valence-electron chi connectivity index (χ1n) is 8.82. The minimum atomic E-state index is 0. The molecule has 0 spiro atoms. The molecule has 2 N–H and O–H groups in total. The number of benzene rings is 1. The van der Waals surface area contributed by atoms with Gasteiger partial charge in [-0.2, -0.15) is 0 Å². The van der Waals surface area contributed by atoms with Gasteiger partial charge >= 0.3 is 0 Å². The van der Waals surface area contributed by atoms with E-state index in [2.05, 4.69) is 20.6 Å². The number of nitrogens with zero attached hydrogens (tertiary/aromatic N) is 2. The fourth-order valence-corrected chi connectivity index (χ4v) is 2.37. The van der Waals surface area contributed by atoms with Gasteiger partial charge in [-0.05, 0) is 45.4 Å². The zero-order chi connectivity index (χ0) is 18.9. The molecule has 1 aromatic heterocycles. The Kier molecular flexibility index (Phi) is 9.98. The number of nitrogens with one attached hydrogen (secondary N) is 2. The van der Waals surface area contributed by atoms with Crippen LogP contribution < -0.4 is 20.1 Å². The highest BCUT2D eigenvalue weighted by Gasteiger charge is 2.08. The lowest BCUT2D eigenvalue weighted by atomic mass is 10.2. The predicted octanol–water partition coefficient (Wildman–Crippen LogP) is 3.57. The van der Waals surface area contributed by atoms with Crippen LogP contribution in [0.5, 0.6) is 11.5 Å². The summed E-state index contributed by atoms with van der Waals surface area (Å²) in [5.41, 5.74) is 1.94. The maximum Gasteiger partial charge on any atom is 0.214 e. The van der Waals surface area contributed by atoms with Crippen LogP contribution in [0.1, 0.15) is 36.8 Å². The molecule has 0 radical (unpaired) electrons. The highest BCUT2D eigenvalue weighted by Crippen LogP contribution is 2.28. The molecule has 150 valence electrons. The van der Waals surface area contributed by atoms with Gasteiger partial charge in [0.25, 0.3) is 0 Å². The van der Waals surface area contributed by atoms with Gasteiger partial charge < -0.3 is 24.5 Å². The van der Waals surface area contributed by atoms with Crippen molar-refractivity contribution >= 4 is 29.9 Å². The quantitative estimate of drug-likeness (QED) is 0.336. The number of oxazole rings is 1. The van der Waals surface area contributed by atoms with E-state index in [9.17, 15) is 0 Å². The van der Waals surface area contributed by atoms with E-state index in [4.69, 9.17) is 13.9 Å². The third-order valence-electron chi connectivity index (χ3n) is 3.77. The van der Waals surface area contributed by atoms with Crippen LogP contribution in [-0.2, 0) is 13.1 Å². The number of aliphatic imine (C=N–C) groups is 1. The van der Waals surface area contributed by atoms with Crippen LogP contribution in [0.25, 0.3) is 0 Å². The van der Waals surface area contributed by atoms with E-state index in [1.54, 1.807) is 7.11 Å². The van der Waals surface area contributed by atoms with Crippen molar-refractivity contribution in [1.29, 1.82) is 0 Å². The van der Waals surface area contributed by atoms with E-state index in [0.717, 1.165) is 35.1 Å². The summed E-state index contributed by atoms with van der Waals surface area (Å²) in [5.74, 6) is 3.64. The molecule has 0 aliphatic rings. The molecule has 1 heterocycles. The second-order valence-electron chi connectivity index (χ2n) is 5.72. The molecule has 0 saturated heterocycles. The predicted molar refractivity (Wildman–Crippen MR) is 117 cm³/mol. The summed E-state index contributed by atoms with van der Waals surface area (Å²) in [4.78, 5) is 8.98. The molecular formula is C19H29IN4O3. The molecule has 7 nitrogen and oxygen atoms in total. The van der Waals surface area contributed by atoms with Crippen molar-refractivity contribution in [3.63, 3.8) is 0 Å². The van der Waals surface area contributed by atoms with E-state index >= 15 is 0 Å². The zero-order valence-electron chi connectivity index (χ0n) is 16.6. The monoisotopic (exact) mass is 488 g/mol. The third-order valence-corrected chi connectivity index (χ3v) is 3.77. The maximum absolute atomic E-state index is 5.62. The molecule has 2 aromatic rings. The summed E-state index contributed by atoms with van der Waals surface area (Å²) in [6.07, 6.45) is 0. The molecule has 1 aromatic carbocycles. The zero-order valence-corrected chi connectivity index (χ0v) is 18.9. The number of hydrogen-bond acceptors (Lipinski definition) is 5. The smallest absolute Gasteiger partial charge is 0.214 e. The van der Waals surface area contributed by atoms with Crippen molar-refractivity contribution in [3.8, 4) is 11.5 Å². The lowest BCUT2D eigenvalue weighted by molar-refractivity contribution is 0.310. The fourth-order valence-electron chi connectivity index (χ4n) is 2.37. The third kappa shape index (κ3) is 6.93. The minimum Gasteiger partial charge on any atom is -0.493 e. The molecule has 27 heavy (non-hydrogen) atoms. The van der Waals surface area contributed by atoms with Gasteiger partial charge in [0.2, 0.25) is 5.89 Å². The molecule has 0 unspecified atom stereocenters. The van der Waals surface area contributed by atoms with E-state index in [-0.39, 0.29) is 24.0 Å². The molecular weight excluding hydrogens is 459 g/mol.